The Hall–Kier alpha value is -3.55. The second-order valence-corrected chi connectivity index (χ2v) is 8.54. The molecular formula is C23H21F3N3O6S-. The number of alkyl halides is 3. The van der Waals surface area contributed by atoms with Gasteiger partial charge in [0.05, 0.1) is 24.4 Å². The zero-order valence-electron chi connectivity index (χ0n) is 18.9. The van der Waals surface area contributed by atoms with Gasteiger partial charge in [0.2, 0.25) is 0 Å². The van der Waals surface area contributed by atoms with Gasteiger partial charge in [-0.25, -0.2) is 9.36 Å². The molecule has 192 valence electrons. The summed E-state index contributed by atoms with van der Waals surface area (Å²) >= 11 is -2.25. The van der Waals surface area contributed by atoms with E-state index in [2.05, 4.69) is 5.32 Å². The van der Waals surface area contributed by atoms with Crippen molar-refractivity contribution >= 4 is 17.0 Å². The zero-order chi connectivity index (χ0) is 26.5. The summed E-state index contributed by atoms with van der Waals surface area (Å²) in [6.45, 7) is -0.0422. The maximum atomic E-state index is 13.2. The Kier molecular flexibility index (Phi) is 8.61. The highest BCUT2D eigenvalue weighted by molar-refractivity contribution is 7.78. The summed E-state index contributed by atoms with van der Waals surface area (Å²) in [6, 6.07) is 10.0. The Morgan fingerprint density at radius 3 is 2.39 bits per heavy atom. The molecule has 1 N–H and O–H groups in total. The molecule has 9 nitrogen and oxygen atoms in total. The summed E-state index contributed by atoms with van der Waals surface area (Å²) in [4.78, 5) is 38.9. The number of nitrogens with zero attached hydrogens (tertiary/aromatic N) is 2. The fourth-order valence-corrected chi connectivity index (χ4v) is 3.79. The number of carbonyl (C=O) groups is 1. The van der Waals surface area contributed by atoms with Crippen molar-refractivity contribution in [2.24, 2.45) is 0 Å². The highest BCUT2D eigenvalue weighted by atomic mass is 32.2. The second kappa shape index (κ2) is 11.5. The van der Waals surface area contributed by atoms with E-state index in [4.69, 9.17) is 4.74 Å². The smallest absolute Gasteiger partial charge is 0.416 e. The van der Waals surface area contributed by atoms with Gasteiger partial charge < -0.3 is 14.6 Å². The molecule has 0 fully saturated rings. The normalized spacial score (nSPS) is 12.4. The molecule has 0 aliphatic carbocycles. The molecule has 0 bridgehead atoms. The lowest BCUT2D eigenvalue weighted by molar-refractivity contribution is -0.137. The van der Waals surface area contributed by atoms with Crippen molar-refractivity contribution in [2.45, 2.75) is 25.0 Å². The lowest BCUT2D eigenvalue weighted by atomic mass is 10.1. The molecule has 3 rings (SSSR count). The largest absolute Gasteiger partial charge is 0.772 e. The topological polar surface area (TPSA) is 122 Å². The minimum absolute atomic E-state index is 0.0280. The fraction of sp³-hybridized carbons (Fsp3) is 0.261. The van der Waals surface area contributed by atoms with Crippen molar-refractivity contribution in [1.29, 1.82) is 0 Å². The quantitative estimate of drug-likeness (QED) is 0.427. The Morgan fingerprint density at radius 1 is 1.11 bits per heavy atom. The lowest BCUT2D eigenvalue weighted by Crippen LogP contribution is -2.43. The van der Waals surface area contributed by atoms with Crippen molar-refractivity contribution in [3.05, 3.63) is 97.8 Å². The first-order valence-electron chi connectivity index (χ1n) is 10.5. The van der Waals surface area contributed by atoms with E-state index >= 15 is 0 Å². The van der Waals surface area contributed by atoms with Crippen LogP contribution in [-0.4, -0.2) is 37.5 Å². The minimum Gasteiger partial charge on any atom is -0.772 e. The summed E-state index contributed by atoms with van der Waals surface area (Å²) in [5, 5.41) is 2.53. The van der Waals surface area contributed by atoms with Crippen LogP contribution in [0.15, 0.2) is 64.3 Å². The van der Waals surface area contributed by atoms with Gasteiger partial charge in [0.15, 0.2) is 0 Å². The van der Waals surface area contributed by atoms with E-state index in [1.165, 1.54) is 7.11 Å². The van der Waals surface area contributed by atoms with Crippen LogP contribution in [0.1, 0.15) is 27.0 Å². The van der Waals surface area contributed by atoms with E-state index in [0.717, 1.165) is 29.0 Å². The monoisotopic (exact) mass is 524 g/mol. The maximum absolute atomic E-state index is 13.2. The molecule has 1 unspecified atom stereocenters. The van der Waals surface area contributed by atoms with Crippen LogP contribution in [0.5, 0.6) is 0 Å². The van der Waals surface area contributed by atoms with Crippen LogP contribution < -0.4 is 16.6 Å². The number of aromatic nitrogens is 2. The number of hydrogen-bond acceptors (Lipinski definition) is 6. The summed E-state index contributed by atoms with van der Waals surface area (Å²) in [5.41, 5.74) is -2.72. The standard InChI is InChI=1S/C23H22F3N3O6S/c1-35-10-9-28-13-19(20(30)27-12-15-5-7-16(8-6-15)14-36(33)34)21(31)29(22(28)32)18-4-2-3-17(11-18)23(24,25)26/h2-8,11,13H,9-10,12,14H2,1H3,(H,27,30)(H,33,34)/p-1. The molecule has 0 aliphatic rings. The summed E-state index contributed by atoms with van der Waals surface area (Å²) in [6.07, 6.45) is -3.67. The lowest BCUT2D eigenvalue weighted by Gasteiger charge is -2.14. The number of methoxy groups -OCH3 is 1. The number of ether oxygens (including phenoxy) is 1. The van der Waals surface area contributed by atoms with Gasteiger partial charge in [-0.3, -0.25) is 18.4 Å². The Bertz CT molecular complexity index is 1380. The van der Waals surface area contributed by atoms with E-state index in [0.29, 0.717) is 21.8 Å². The maximum Gasteiger partial charge on any atom is 0.416 e. The van der Waals surface area contributed by atoms with Gasteiger partial charge in [-0.1, -0.05) is 41.4 Å². The molecule has 13 heteroatoms. The summed E-state index contributed by atoms with van der Waals surface area (Å²) in [7, 11) is 1.38. The van der Waals surface area contributed by atoms with Crippen molar-refractivity contribution in [3.63, 3.8) is 0 Å². The molecule has 1 heterocycles. The van der Waals surface area contributed by atoms with Gasteiger partial charge in [0.1, 0.15) is 5.56 Å². The molecule has 1 aromatic heterocycles. The number of halogens is 3. The number of amides is 1. The predicted octanol–water partition coefficient (Wildman–Crippen LogP) is 1.97. The van der Waals surface area contributed by atoms with E-state index in [1.807, 2.05) is 0 Å². The van der Waals surface area contributed by atoms with E-state index in [9.17, 15) is 36.3 Å². The number of nitrogens with one attached hydrogen (secondary N) is 1. The van der Waals surface area contributed by atoms with Gasteiger partial charge in [0.25, 0.3) is 11.5 Å². The van der Waals surface area contributed by atoms with Crippen LogP contribution in [0.25, 0.3) is 5.69 Å². The second-order valence-electron chi connectivity index (χ2n) is 7.65. The molecule has 1 atom stereocenters. The third-order valence-electron chi connectivity index (χ3n) is 5.13. The van der Waals surface area contributed by atoms with Gasteiger partial charge >= 0.3 is 11.9 Å². The van der Waals surface area contributed by atoms with E-state index < -0.39 is 45.5 Å². The average molecular weight is 524 g/mol. The highest BCUT2D eigenvalue weighted by Crippen LogP contribution is 2.29. The Balaban J connectivity index is 1.97. The molecule has 3 aromatic rings. The number of rotatable bonds is 9. The molecule has 0 radical (unpaired) electrons. The predicted molar refractivity (Wildman–Crippen MR) is 123 cm³/mol. The molecule has 0 spiro atoms. The van der Waals surface area contributed by atoms with Gasteiger partial charge in [-0.05, 0) is 29.3 Å². The van der Waals surface area contributed by atoms with E-state index in [-0.39, 0.29) is 31.1 Å². The van der Waals surface area contributed by atoms with Gasteiger partial charge in [-0.2, -0.15) is 13.2 Å². The van der Waals surface area contributed by atoms with Crippen LogP contribution in [0.2, 0.25) is 0 Å². The first-order chi connectivity index (χ1) is 17.0. The average Bonchev–Trinajstić information content (AvgIpc) is 2.82. The molecule has 0 saturated heterocycles. The number of benzene rings is 2. The van der Waals surface area contributed by atoms with Crippen LogP contribution in [0.4, 0.5) is 13.2 Å². The van der Waals surface area contributed by atoms with Crippen molar-refractivity contribution in [1.82, 2.24) is 14.5 Å². The first kappa shape index (κ1) is 27.0. The molecule has 36 heavy (non-hydrogen) atoms. The van der Waals surface area contributed by atoms with Crippen LogP contribution in [0, 0.1) is 0 Å². The van der Waals surface area contributed by atoms with Crippen LogP contribution in [0.3, 0.4) is 0 Å². The number of carbonyl (C=O) groups excluding carboxylic acids is 1. The first-order valence-corrected chi connectivity index (χ1v) is 11.7. The molecule has 1 amide bonds. The highest BCUT2D eigenvalue weighted by Gasteiger charge is 2.31. The van der Waals surface area contributed by atoms with Crippen molar-refractivity contribution < 1.29 is 31.5 Å². The Labute approximate surface area is 205 Å². The third-order valence-corrected chi connectivity index (χ3v) is 5.70. The molecule has 0 saturated carbocycles. The van der Waals surface area contributed by atoms with Gasteiger partial charge in [0, 0.05) is 25.6 Å². The summed E-state index contributed by atoms with van der Waals surface area (Å²) in [5.74, 6) is -1.01. The van der Waals surface area contributed by atoms with E-state index in [1.54, 1.807) is 24.3 Å². The number of hydrogen-bond donors (Lipinski definition) is 1. The molecule has 2 aromatic carbocycles. The molecular weight excluding hydrogens is 503 g/mol. The van der Waals surface area contributed by atoms with Crippen LogP contribution in [-0.2, 0) is 40.8 Å². The fourth-order valence-electron chi connectivity index (χ4n) is 3.32. The zero-order valence-corrected chi connectivity index (χ0v) is 19.7. The third kappa shape index (κ3) is 6.56. The van der Waals surface area contributed by atoms with Crippen molar-refractivity contribution in [3.8, 4) is 5.69 Å². The molecule has 0 aliphatic heterocycles. The Morgan fingerprint density at radius 2 is 1.78 bits per heavy atom. The van der Waals surface area contributed by atoms with Crippen molar-refractivity contribution in [2.75, 3.05) is 13.7 Å². The minimum atomic E-state index is -4.71. The van der Waals surface area contributed by atoms with Crippen LogP contribution >= 0.6 is 0 Å². The van der Waals surface area contributed by atoms with Gasteiger partial charge in [-0.15, -0.1) is 0 Å². The summed E-state index contributed by atoms with van der Waals surface area (Å²) < 4.78 is 67.7. The SMILES string of the molecule is COCCn1cc(C(=O)NCc2ccc(CS(=O)[O-])cc2)c(=O)n(-c2cccc(C(F)(F)F)c2)c1=O.